The number of carbonyl (C=O) groups excluding carboxylic acids is 1. The van der Waals surface area contributed by atoms with E-state index >= 15 is 0 Å². The quantitative estimate of drug-likeness (QED) is 0.506. The summed E-state index contributed by atoms with van der Waals surface area (Å²) in [7, 11) is 0. The first-order chi connectivity index (χ1) is 10.6. The summed E-state index contributed by atoms with van der Waals surface area (Å²) < 4.78 is 5.45. The van der Waals surface area contributed by atoms with Crippen molar-refractivity contribution >= 4 is 17.3 Å². The largest absolute Gasteiger partial charge is 0.483 e. The van der Waals surface area contributed by atoms with E-state index in [4.69, 9.17) is 10.5 Å². The first-order valence-electron chi connectivity index (χ1n) is 6.94. The first-order valence-corrected chi connectivity index (χ1v) is 6.94. The van der Waals surface area contributed by atoms with E-state index in [1.165, 1.54) is 0 Å². The van der Waals surface area contributed by atoms with E-state index in [9.17, 15) is 4.79 Å². The Bertz CT molecular complexity index is 679. The van der Waals surface area contributed by atoms with Crippen LogP contribution < -0.4 is 15.9 Å². The third kappa shape index (κ3) is 4.34. The Labute approximate surface area is 129 Å². The molecule has 0 aliphatic rings. The molecule has 0 saturated heterocycles. The molecule has 3 N–H and O–H groups in total. The first kappa shape index (κ1) is 15.6. The molecule has 1 amide bonds. The number of carbonyl (C=O) groups is 1. The minimum atomic E-state index is -0.307. The van der Waals surface area contributed by atoms with Gasteiger partial charge in [0, 0.05) is 5.69 Å². The van der Waals surface area contributed by atoms with Crippen molar-refractivity contribution in [3.8, 4) is 5.75 Å². The van der Waals surface area contributed by atoms with Crippen molar-refractivity contribution in [1.82, 2.24) is 5.43 Å². The maximum atomic E-state index is 11.8. The molecule has 0 fully saturated rings. The SMILES string of the molecule is C/C(=N\NC(=O)COc1ccccc1C)c1ccc(N)cc1. The lowest BCUT2D eigenvalue weighted by Crippen LogP contribution is -2.25. The second-order valence-corrected chi connectivity index (χ2v) is 4.91. The molecule has 0 saturated carbocycles. The Balaban J connectivity index is 1.88. The molecule has 0 unspecified atom stereocenters. The molecule has 0 heterocycles. The maximum absolute atomic E-state index is 11.8. The summed E-state index contributed by atoms with van der Waals surface area (Å²) in [6.45, 7) is 3.66. The molecule has 22 heavy (non-hydrogen) atoms. The van der Waals surface area contributed by atoms with Crippen LogP contribution in [-0.2, 0) is 4.79 Å². The summed E-state index contributed by atoms with van der Waals surface area (Å²) >= 11 is 0. The normalized spacial score (nSPS) is 11.1. The van der Waals surface area contributed by atoms with Crippen LogP contribution in [0.5, 0.6) is 5.75 Å². The fraction of sp³-hybridized carbons (Fsp3) is 0.176. The van der Waals surface area contributed by atoms with E-state index < -0.39 is 0 Å². The molecule has 0 bridgehead atoms. The summed E-state index contributed by atoms with van der Waals surface area (Å²) in [5.74, 6) is 0.384. The molecule has 2 aromatic rings. The van der Waals surface area contributed by atoms with Crippen LogP contribution in [0.25, 0.3) is 0 Å². The predicted octanol–water partition coefficient (Wildman–Crippen LogP) is 2.50. The fourth-order valence-electron chi connectivity index (χ4n) is 1.83. The highest BCUT2D eigenvalue weighted by molar-refractivity contribution is 5.99. The zero-order chi connectivity index (χ0) is 15.9. The van der Waals surface area contributed by atoms with Gasteiger partial charge in [0.25, 0.3) is 5.91 Å². The van der Waals surface area contributed by atoms with Gasteiger partial charge in [0.1, 0.15) is 5.75 Å². The predicted molar refractivity (Wildman–Crippen MR) is 87.9 cm³/mol. The number of hydrogen-bond donors (Lipinski definition) is 2. The van der Waals surface area contributed by atoms with Gasteiger partial charge in [-0.1, -0.05) is 30.3 Å². The molecule has 0 aliphatic heterocycles. The van der Waals surface area contributed by atoms with E-state index in [0.717, 1.165) is 11.1 Å². The van der Waals surface area contributed by atoms with Gasteiger partial charge in [0.15, 0.2) is 6.61 Å². The smallest absolute Gasteiger partial charge is 0.277 e. The Morgan fingerprint density at radius 2 is 1.86 bits per heavy atom. The number of hydrazone groups is 1. The number of aryl methyl sites for hydroxylation is 1. The summed E-state index contributed by atoms with van der Waals surface area (Å²) in [6.07, 6.45) is 0. The molecule has 0 radical (unpaired) electrons. The van der Waals surface area contributed by atoms with Crippen LogP contribution in [0.1, 0.15) is 18.1 Å². The van der Waals surface area contributed by atoms with Gasteiger partial charge in [0.2, 0.25) is 0 Å². The van der Waals surface area contributed by atoms with Crippen molar-refractivity contribution < 1.29 is 9.53 Å². The zero-order valence-corrected chi connectivity index (χ0v) is 12.7. The van der Waals surface area contributed by atoms with Crippen LogP contribution in [-0.4, -0.2) is 18.2 Å². The molecule has 114 valence electrons. The lowest BCUT2D eigenvalue weighted by molar-refractivity contribution is -0.123. The molecule has 0 aliphatic carbocycles. The summed E-state index contributed by atoms with van der Waals surface area (Å²) in [4.78, 5) is 11.8. The van der Waals surface area contributed by atoms with Gasteiger partial charge >= 0.3 is 0 Å². The number of nitrogens with zero attached hydrogens (tertiary/aromatic N) is 1. The van der Waals surface area contributed by atoms with Crippen molar-refractivity contribution in [2.45, 2.75) is 13.8 Å². The lowest BCUT2D eigenvalue weighted by atomic mass is 10.1. The minimum absolute atomic E-state index is 0.0800. The number of nitrogens with two attached hydrogens (primary N) is 1. The number of benzene rings is 2. The van der Waals surface area contributed by atoms with Gasteiger partial charge in [-0.15, -0.1) is 0 Å². The highest BCUT2D eigenvalue weighted by atomic mass is 16.5. The van der Waals surface area contributed by atoms with E-state index in [0.29, 0.717) is 17.1 Å². The van der Waals surface area contributed by atoms with Crippen LogP contribution in [0.2, 0.25) is 0 Å². The van der Waals surface area contributed by atoms with Gasteiger partial charge in [0.05, 0.1) is 5.71 Å². The molecule has 0 spiro atoms. The summed E-state index contributed by atoms with van der Waals surface area (Å²) in [5, 5.41) is 4.05. The number of nitrogen functional groups attached to an aromatic ring is 1. The Morgan fingerprint density at radius 3 is 2.55 bits per heavy atom. The molecule has 2 aromatic carbocycles. The standard InChI is InChI=1S/C17H19N3O2/c1-12-5-3-4-6-16(12)22-11-17(21)20-19-13(2)14-7-9-15(18)10-8-14/h3-10H,11,18H2,1-2H3,(H,20,21)/b19-13+. The van der Waals surface area contributed by atoms with Gasteiger partial charge < -0.3 is 10.5 Å². The molecule has 0 aromatic heterocycles. The van der Waals surface area contributed by atoms with E-state index in [2.05, 4.69) is 10.5 Å². The second kappa shape index (κ2) is 7.26. The molecular weight excluding hydrogens is 278 g/mol. The van der Waals surface area contributed by atoms with Crippen LogP contribution in [0, 0.1) is 6.92 Å². The molecule has 0 atom stereocenters. The number of anilines is 1. The number of hydrogen-bond acceptors (Lipinski definition) is 4. The van der Waals surface area contributed by atoms with Crippen LogP contribution in [0.4, 0.5) is 5.69 Å². The fourth-order valence-corrected chi connectivity index (χ4v) is 1.83. The average Bonchev–Trinajstić information content (AvgIpc) is 2.52. The van der Waals surface area contributed by atoms with Crippen LogP contribution >= 0.6 is 0 Å². The lowest BCUT2D eigenvalue weighted by Gasteiger charge is -2.08. The highest BCUT2D eigenvalue weighted by Gasteiger charge is 2.04. The van der Waals surface area contributed by atoms with Gasteiger partial charge in [-0.05, 0) is 43.2 Å². The van der Waals surface area contributed by atoms with Crippen molar-refractivity contribution in [3.63, 3.8) is 0 Å². The Hall–Kier alpha value is -2.82. The van der Waals surface area contributed by atoms with Crippen molar-refractivity contribution in [2.24, 2.45) is 5.10 Å². The highest BCUT2D eigenvalue weighted by Crippen LogP contribution is 2.15. The third-order valence-electron chi connectivity index (χ3n) is 3.13. The number of ether oxygens (including phenoxy) is 1. The monoisotopic (exact) mass is 297 g/mol. The van der Waals surface area contributed by atoms with E-state index in [1.807, 2.05) is 50.2 Å². The Morgan fingerprint density at radius 1 is 1.18 bits per heavy atom. The number of nitrogens with one attached hydrogen (secondary N) is 1. The van der Waals surface area contributed by atoms with Crippen molar-refractivity contribution in [2.75, 3.05) is 12.3 Å². The number of para-hydroxylation sites is 1. The third-order valence-corrected chi connectivity index (χ3v) is 3.13. The Kier molecular flexibility index (Phi) is 5.14. The molecule has 5 nitrogen and oxygen atoms in total. The van der Waals surface area contributed by atoms with Gasteiger partial charge in [-0.25, -0.2) is 5.43 Å². The van der Waals surface area contributed by atoms with E-state index in [1.54, 1.807) is 12.1 Å². The van der Waals surface area contributed by atoms with Crippen molar-refractivity contribution in [1.29, 1.82) is 0 Å². The van der Waals surface area contributed by atoms with Crippen molar-refractivity contribution in [3.05, 3.63) is 59.7 Å². The minimum Gasteiger partial charge on any atom is -0.483 e. The maximum Gasteiger partial charge on any atom is 0.277 e. The van der Waals surface area contributed by atoms with E-state index in [-0.39, 0.29) is 12.5 Å². The molecular formula is C17H19N3O2. The van der Waals surface area contributed by atoms with Gasteiger partial charge in [-0.2, -0.15) is 5.10 Å². The summed E-state index contributed by atoms with van der Waals surface area (Å²) in [6, 6.07) is 14.8. The summed E-state index contributed by atoms with van der Waals surface area (Å²) in [5.41, 5.74) is 11.4. The average molecular weight is 297 g/mol. The topological polar surface area (TPSA) is 76.7 Å². The van der Waals surface area contributed by atoms with Gasteiger partial charge in [-0.3, -0.25) is 4.79 Å². The van der Waals surface area contributed by atoms with Crippen LogP contribution in [0.15, 0.2) is 53.6 Å². The van der Waals surface area contributed by atoms with Crippen LogP contribution in [0.3, 0.4) is 0 Å². The molecule has 2 rings (SSSR count). The number of amides is 1. The number of rotatable bonds is 5. The second-order valence-electron chi connectivity index (χ2n) is 4.91. The zero-order valence-electron chi connectivity index (χ0n) is 12.7. The molecule has 5 heteroatoms.